The first-order chi connectivity index (χ1) is 7.81. The van der Waals surface area contributed by atoms with Crippen molar-refractivity contribution in [3.8, 4) is 0 Å². The summed E-state index contributed by atoms with van der Waals surface area (Å²) in [5, 5.41) is 3.18. The Labute approximate surface area is 105 Å². The lowest BCUT2D eigenvalue weighted by Crippen LogP contribution is -2.27. The van der Waals surface area contributed by atoms with E-state index in [9.17, 15) is 4.79 Å². The Morgan fingerprint density at radius 2 is 2.18 bits per heavy atom. The van der Waals surface area contributed by atoms with E-state index in [1.165, 1.54) is 11.3 Å². The number of anilines is 1. The van der Waals surface area contributed by atoms with E-state index in [2.05, 4.69) is 10.3 Å². The monoisotopic (exact) mass is 257 g/mol. The highest BCUT2D eigenvalue weighted by atomic mass is 32.1. The van der Waals surface area contributed by atoms with Gasteiger partial charge in [-0.2, -0.15) is 0 Å². The summed E-state index contributed by atoms with van der Waals surface area (Å²) in [5.41, 5.74) is 5.91. The van der Waals surface area contributed by atoms with Crippen LogP contribution in [0.15, 0.2) is 0 Å². The van der Waals surface area contributed by atoms with Crippen LogP contribution >= 0.6 is 11.3 Å². The van der Waals surface area contributed by atoms with Gasteiger partial charge in [0.25, 0.3) is 0 Å². The van der Waals surface area contributed by atoms with Crippen LogP contribution in [0.4, 0.5) is 9.93 Å². The maximum absolute atomic E-state index is 11.5. The molecule has 17 heavy (non-hydrogen) atoms. The van der Waals surface area contributed by atoms with Gasteiger partial charge in [0.15, 0.2) is 5.13 Å². The minimum Gasteiger partial charge on any atom is -0.444 e. The molecule has 0 radical (unpaired) electrons. The van der Waals surface area contributed by atoms with Gasteiger partial charge in [0.1, 0.15) is 5.60 Å². The molecule has 0 saturated heterocycles. The number of aromatic nitrogens is 1. The second kappa shape index (κ2) is 5.46. The van der Waals surface area contributed by atoms with Crippen LogP contribution in [0.2, 0.25) is 0 Å². The van der Waals surface area contributed by atoms with Crippen LogP contribution in [0.1, 0.15) is 31.3 Å². The summed E-state index contributed by atoms with van der Waals surface area (Å²) in [6, 6.07) is 0. The van der Waals surface area contributed by atoms with Gasteiger partial charge in [-0.25, -0.2) is 9.78 Å². The number of ether oxygens (including phenoxy) is 1. The van der Waals surface area contributed by atoms with Gasteiger partial charge in [-0.3, -0.25) is 5.32 Å². The van der Waals surface area contributed by atoms with E-state index in [-0.39, 0.29) is 0 Å². The number of hydrogen-bond acceptors (Lipinski definition) is 5. The van der Waals surface area contributed by atoms with Crippen molar-refractivity contribution in [1.29, 1.82) is 0 Å². The number of thiazole rings is 1. The molecular formula is C11H19N3O2S. The predicted molar refractivity (Wildman–Crippen MR) is 69.5 cm³/mol. The second-order valence-corrected chi connectivity index (χ2v) is 5.89. The molecular weight excluding hydrogens is 238 g/mol. The number of aryl methyl sites for hydroxylation is 1. The van der Waals surface area contributed by atoms with Crippen molar-refractivity contribution in [3.05, 3.63) is 10.6 Å². The molecule has 0 aliphatic rings. The normalized spacial score (nSPS) is 11.4. The van der Waals surface area contributed by atoms with Crippen molar-refractivity contribution >= 4 is 22.6 Å². The summed E-state index contributed by atoms with van der Waals surface area (Å²) in [6.45, 7) is 7.97. The standard InChI is InChI=1S/C11H19N3O2S/c1-7-8(5-6-12)13-9(17-7)14-10(15)16-11(2,3)4/h5-6,12H2,1-4H3,(H,13,14,15). The molecule has 0 fully saturated rings. The van der Waals surface area contributed by atoms with E-state index in [4.69, 9.17) is 10.5 Å². The molecule has 0 aliphatic heterocycles. The van der Waals surface area contributed by atoms with E-state index in [1.807, 2.05) is 27.7 Å². The van der Waals surface area contributed by atoms with E-state index in [1.54, 1.807) is 0 Å². The molecule has 0 atom stereocenters. The van der Waals surface area contributed by atoms with Gasteiger partial charge in [0.2, 0.25) is 0 Å². The third-order valence-electron chi connectivity index (χ3n) is 1.88. The Morgan fingerprint density at radius 3 is 2.71 bits per heavy atom. The summed E-state index contributed by atoms with van der Waals surface area (Å²) in [6.07, 6.45) is 0.240. The van der Waals surface area contributed by atoms with Crippen LogP contribution in [0.5, 0.6) is 0 Å². The van der Waals surface area contributed by atoms with Crippen LogP contribution in [0, 0.1) is 6.92 Å². The van der Waals surface area contributed by atoms with Crippen molar-refractivity contribution < 1.29 is 9.53 Å². The highest BCUT2D eigenvalue weighted by molar-refractivity contribution is 7.15. The van der Waals surface area contributed by atoms with Gasteiger partial charge < -0.3 is 10.5 Å². The molecule has 1 aromatic rings. The zero-order chi connectivity index (χ0) is 13.1. The minimum absolute atomic E-state index is 0.481. The second-order valence-electron chi connectivity index (χ2n) is 4.69. The Kier molecular flexibility index (Phi) is 4.47. The highest BCUT2D eigenvalue weighted by Gasteiger charge is 2.17. The Balaban J connectivity index is 2.63. The molecule has 0 saturated carbocycles. The Morgan fingerprint density at radius 1 is 1.53 bits per heavy atom. The lowest BCUT2D eigenvalue weighted by molar-refractivity contribution is 0.0636. The van der Waals surface area contributed by atoms with E-state index in [0.717, 1.165) is 17.0 Å². The molecule has 3 N–H and O–H groups in total. The molecule has 1 heterocycles. The molecule has 0 spiro atoms. The number of carbonyl (C=O) groups excluding carboxylic acids is 1. The summed E-state index contributed by atoms with van der Waals surface area (Å²) in [7, 11) is 0. The lowest BCUT2D eigenvalue weighted by atomic mass is 10.2. The van der Waals surface area contributed by atoms with E-state index in [0.29, 0.717) is 11.7 Å². The fraction of sp³-hybridized carbons (Fsp3) is 0.636. The zero-order valence-corrected chi connectivity index (χ0v) is 11.5. The quantitative estimate of drug-likeness (QED) is 0.871. The van der Waals surface area contributed by atoms with Crippen LogP contribution < -0.4 is 11.1 Å². The first kappa shape index (κ1) is 13.9. The number of nitrogens with zero attached hydrogens (tertiary/aromatic N) is 1. The minimum atomic E-state index is -0.503. The summed E-state index contributed by atoms with van der Waals surface area (Å²) in [4.78, 5) is 16.9. The summed E-state index contributed by atoms with van der Waals surface area (Å²) in [5.74, 6) is 0. The Hall–Kier alpha value is -1.14. The predicted octanol–water partition coefficient (Wildman–Crippen LogP) is 2.30. The molecule has 0 bridgehead atoms. The van der Waals surface area contributed by atoms with Crippen LogP contribution in [-0.4, -0.2) is 23.2 Å². The maximum Gasteiger partial charge on any atom is 0.413 e. The molecule has 0 aliphatic carbocycles. The number of rotatable bonds is 3. The third kappa shape index (κ3) is 4.70. The lowest BCUT2D eigenvalue weighted by Gasteiger charge is -2.18. The van der Waals surface area contributed by atoms with Crippen molar-refractivity contribution in [2.75, 3.05) is 11.9 Å². The molecule has 0 aromatic carbocycles. The summed E-state index contributed by atoms with van der Waals surface area (Å²) < 4.78 is 5.14. The molecule has 1 rings (SSSR count). The van der Waals surface area contributed by atoms with Gasteiger partial charge in [-0.05, 0) is 34.2 Å². The first-order valence-electron chi connectivity index (χ1n) is 5.48. The number of hydrogen-bond donors (Lipinski definition) is 2. The van der Waals surface area contributed by atoms with Crippen molar-refractivity contribution in [2.24, 2.45) is 5.73 Å². The molecule has 1 aromatic heterocycles. The van der Waals surface area contributed by atoms with Gasteiger partial charge in [0.05, 0.1) is 5.69 Å². The van der Waals surface area contributed by atoms with Crippen molar-refractivity contribution in [2.45, 2.75) is 39.7 Å². The zero-order valence-electron chi connectivity index (χ0n) is 10.7. The average molecular weight is 257 g/mol. The average Bonchev–Trinajstić information content (AvgIpc) is 2.43. The van der Waals surface area contributed by atoms with Crippen molar-refractivity contribution in [3.63, 3.8) is 0 Å². The van der Waals surface area contributed by atoms with Crippen LogP contribution in [0.25, 0.3) is 0 Å². The highest BCUT2D eigenvalue weighted by Crippen LogP contribution is 2.22. The number of nitrogens with one attached hydrogen (secondary N) is 1. The number of carbonyl (C=O) groups is 1. The fourth-order valence-electron chi connectivity index (χ4n) is 1.24. The topological polar surface area (TPSA) is 77.2 Å². The molecule has 1 amide bonds. The number of amides is 1. The summed E-state index contributed by atoms with van der Waals surface area (Å²) >= 11 is 1.43. The van der Waals surface area contributed by atoms with E-state index >= 15 is 0 Å². The first-order valence-corrected chi connectivity index (χ1v) is 6.30. The van der Waals surface area contributed by atoms with Crippen LogP contribution in [-0.2, 0) is 11.2 Å². The van der Waals surface area contributed by atoms with Crippen molar-refractivity contribution in [1.82, 2.24) is 4.98 Å². The molecule has 5 nitrogen and oxygen atoms in total. The van der Waals surface area contributed by atoms with Gasteiger partial charge in [0, 0.05) is 11.3 Å². The van der Waals surface area contributed by atoms with Gasteiger partial charge in [-0.1, -0.05) is 0 Å². The van der Waals surface area contributed by atoms with E-state index < -0.39 is 11.7 Å². The maximum atomic E-state index is 11.5. The van der Waals surface area contributed by atoms with Gasteiger partial charge in [-0.15, -0.1) is 11.3 Å². The fourth-order valence-corrected chi connectivity index (χ4v) is 2.09. The molecule has 96 valence electrons. The molecule has 0 unspecified atom stereocenters. The largest absolute Gasteiger partial charge is 0.444 e. The Bertz CT molecular complexity index is 396. The smallest absolute Gasteiger partial charge is 0.413 e. The third-order valence-corrected chi connectivity index (χ3v) is 2.81. The van der Waals surface area contributed by atoms with Crippen LogP contribution in [0.3, 0.4) is 0 Å². The number of nitrogens with two attached hydrogens (primary N) is 1. The molecule has 6 heteroatoms. The van der Waals surface area contributed by atoms with Gasteiger partial charge >= 0.3 is 6.09 Å². The SMILES string of the molecule is Cc1sc(NC(=O)OC(C)(C)C)nc1CCN.